The number of nitrogen functional groups attached to an aromatic ring is 1. The van der Waals surface area contributed by atoms with Crippen molar-refractivity contribution in [2.75, 3.05) is 6.61 Å². The Bertz CT molecular complexity index is 384. The zero-order chi connectivity index (χ0) is 13.6. The summed E-state index contributed by atoms with van der Waals surface area (Å²) in [5, 5.41) is 17.2. The molecule has 4 N–H and O–H groups in total. The molecule has 19 heavy (non-hydrogen) atoms. The van der Waals surface area contributed by atoms with Crippen LogP contribution in [0.3, 0.4) is 0 Å². The number of aliphatic hydroxyl groups is 1. The van der Waals surface area contributed by atoms with Crippen molar-refractivity contribution in [1.29, 1.82) is 5.41 Å². The van der Waals surface area contributed by atoms with Crippen molar-refractivity contribution in [3.05, 3.63) is 35.4 Å². The molecule has 0 aromatic heterocycles. The van der Waals surface area contributed by atoms with Crippen molar-refractivity contribution in [1.82, 2.24) is 0 Å². The first-order chi connectivity index (χ1) is 8.59. The molecule has 0 fully saturated rings. The Morgan fingerprint density at radius 3 is 1.95 bits per heavy atom. The SMILES string of the molecule is CCCC(CO)(CCC)c1ccc(C(=N)N)cc1.Cl. The molecule has 3 nitrogen and oxygen atoms in total. The fourth-order valence-electron chi connectivity index (χ4n) is 2.62. The Balaban J connectivity index is 0.00000324. The summed E-state index contributed by atoms with van der Waals surface area (Å²) in [6.45, 7) is 4.46. The predicted molar refractivity (Wildman–Crippen MR) is 83.3 cm³/mol. The van der Waals surface area contributed by atoms with Crippen LogP contribution < -0.4 is 5.73 Å². The van der Waals surface area contributed by atoms with E-state index in [1.807, 2.05) is 24.3 Å². The highest BCUT2D eigenvalue weighted by atomic mass is 35.5. The summed E-state index contributed by atoms with van der Waals surface area (Å²) >= 11 is 0. The van der Waals surface area contributed by atoms with E-state index in [4.69, 9.17) is 11.1 Å². The van der Waals surface area contributed by atoms with Crippen LogP contribution in [-0.4, -0.2) is 17.5 Å². The number of benzene rings is 1. The first kappa shape index (κ1) is 17.9. The van der Waals surface area contributed by atoms with Gasteiger partial charge in [0.15, 0.2) is 0 Å². The molecule has 0 spiro atoms. The van der Waals surface area contributed by atoms with Gasteiger partial charge in [-0.05, 0) is 18.4 Å². The van der Waals surface area contributed by atoms with Gasteiger partial charge in [0.2, 0.25) is 0 Å². The van der Waals surface area contributed by atoms with Crippen molar-refractivity contribution in [3.8, 4) is 0 Å². The molecule has 0 radical (unpaired) electrons. The van der Waals surface area contributed by atoms with Gasteiger partial charge >= 0.3 is 0 Å². The molecule has 108 valence electrons. The number of hydrogen-bond donors (Lipinski definition) is 3. The minimum absolute atomic E-state index is 0. The number of amidine groups is 1. The number of halogens is 1. The summed E-state index contributed by atoms with van der Waals surface area (Å²) in [6.07, 6.45) is 4.07. The van der Waals surface area contributed by atoms with Gasteiger partial charge in [-0.15, -0.1) is 12.4 Å². The largest absolute Gasteiger partial charge is 0.395 e. The van der Waals surface area contributed by atoms with Crippen molar-refractivity contribution < 1.29 is 5.11 Å². The summed E-state index contributed by atoms with van der Waals surface area (Å²) in [5.41, 5.74) is 7.20. The molecule has 0 unspecified atom stereocenters. The van der Waals surface area contributed by atoms with Crippen LogP contribution in [0.4, 0.5) is 0 Å². The van der Waals surface area contributed by atoms with Crippen LogP contribution >= 0.6 is 12.4 Å². The van der Waals surface area contributed by atoms with Crippen LogP contribution in [0.5, 0.6) is 0 Å². The van der Waals surface area contributed by atoms with Gasteiger partial charge in [-0.1, -0.05) is 51.0 Å². The number of rotatable bonds is 7. The van der Waals surface area contributed by atoms with Crippen LogP contribution in [-0.2, 0) is 5.41 Å². The maximum Gasteiger partial charge on any atom is 0.122 e. The quantitative estimate of drug-likeness (QED) is 0.531. The molecular formula is C15H25ClN2O. The Labute approximate surface area is 122 Å². The Morgan fingerprint density at radius 1 is 1.16 bits per heavy atom. The lowest BCUT2D eigenvalue weighted by Crippen LogP contribution is -2.30. The third-order valence-electron chi connectivity index (χ3n) is 3.57. The van der Waals surface area contributed by atoms with Gasteiger partial charge in [-0.25, -0.2) is 0 Å². The third-order valence-corrected chi connectivity index (χ3v) is 3.57. The van der Waals surface area contributed by atoms with Gasteiger partial charge in [0.05, 0.1) is 6.61 Å². The van der Waals surface area contributed by atoms with E-state index in [9.17, 15) is 5.11 Å². The maximum atomic E-state index is 9.80. The number of aliphatic hydroxyl groups excluding tert-OH is 1. The summed E-state index contributed by atoms with van der Waals surface area (Å²) in [5.74, 6) is 0.0853. The van der Waals surface area contributed by atoms with E-state index in [-0.39, 0.29) is 30.3 Å². The molecule has 0 saturated heterocycles. The highest BCUT2D eigenvalue weighted by Gasteiger charge is 2.29. The van der Waals surface area contributed by atoms with Crippen molar-refractivity contribution >= 4 is 18.2 Å². The fourth-order valence-corrected chi connectivity index (χ4v) is 2.62. The predicted octanol–water partition coefficient (Wildman–Crippen LogP) is 3.22. The van der Waals surface area contributed by atoms with E-state index in [0.29, 0.717) is 0 Å². The van der Waals surface area contributed by atoms with Crippen molar-refractivity contribution in [2.45, 2.75) is 44.9 Å². The molecule has 0 bridgehead atoms. The van der Waals surface area contributed by atoms with Crippen LogP contribution in [0.25, 0.3) is 0 Å². The normalized spacial score (nSPS) is 10.9. The Hall–Kier alpha value is -1.06. The molecule has 0 saturated carbocycles. The van der Waals surface area contributed by atoms with Crippen LogP contribution in [0.15, 0.2) is 24.3 Å². The topological polar surface area (TPSA) is 70.1 Å². The smallest absolute Gasteiger partial charge is 0.122 e. The molecular weight excluding hydrogens is 260 g/mol. The van der Waals surface area contributed by atoms with Gasteiger partial charge in [0, 0.05) is 11.0 Å². The van der Waals surface area contributed by atoms with Gasteiger partial charge in [0.25, 0.3) is 0 Å². The molecule has 0 heterocycles. The van der Waals surface area contributed by atoms with E-state index in [0.717, 1.165) is 36.8 Å². The summed E-state index contributed by atoms with van der Waals surface area (Å²) in [4.78, 5) is 0. The van der Waals surface area contributed by atoms with Crippen LogP contribution in [0.2, 0.25) is 0 Å². The minimum Gasteiger partial charge on any atom is -0.395 e. The minimum atomic E-state index is -0.140. The first-order valence-corrected chi connectivity index (χ1v) is 6.65. The molecule has 4 heteroatoms. The second kappa shape index (κ2) is 8.18. The zero-order valence-corrected chi connectivity index (χ0v) is 12.6. The summed E-state index contributed by atoms with van der Waals surface area (Å²) in [7, 11) is 0. The fraction of sp³-hybridized carbons (Fsp3) is 0.533. The van der Waals surface area contributed by atoms with E-state index >= 15 is 0 Å². The van der Waals surface area contributed by atoms with Crippen LogP contribution in [0.1, 0.15) is 50.7 Å². The van der Waals surface area contributed by atoms with Gasteiger partial charge in [0.1, 0.15) is 5.84 Å². The molecule has 0 aliphatic carbocycles. The Kier molecular flexibility index (Phi) is 7.72. The summed E-state index contributed by atoms with van der Waals surface area (Å²) in [6, 6.07) is 7.73. The second-order valence-corrected chi connectivity index (χ2v) is 4.93. The molecule has 0 aliphatic rings. The standard InChI is InChI=1S/C15H24N2O.ClH/c1-3-9-15(11-18,10-4-2)13-7-5-12(6-8-13)14(16)17;/h5-8,18H,3-4,9-11H2,1-2H3,(H3,16,17);1H. The number of nitrogens with one attached hydrogen (secondary N) is 1. The third kappa shape index (κ3) is 4.22. The molecule has 1 aromatic carbocycles. The van der Waals surface area contributed by atoms with Gasteiger partial charge < -0.3 is 10.8 Å². The highest BCUT2D eigenvalue weighted by molar-refractivity contribution is 5.94. The summed E-state index contributed by atoms with van der Waals surface area (Å²) < 4.78 is 0. The average molecular weight is 285 g/mol. The Morgan fingerprint density at radius 2 is 1.63 bits per heavy atom. The van der Waals surface area contributed by atoms with E-state index in [1.165, 1.54) is 0 Å². The van der Waals surface area contributed by atoms with Crippen molar-refractivity contribution in [2.24, 2.45) is 5.73 Å². The second-order valence-electron chi connectivity index (χ2n) is 4.93. The molecule has 1 aromatic rings. The van der Waals surface area contributed by atoms with E-state index in [2.05, 4.69) is 13.8 Å². The molecule has 0 amide bonds. The highest BCUT2D eigenvalue weighted by Crippen LogP contribution is 2.34. The molecule has 0 atom stereocenters. The zero-order valence-electron chi connectivity index (χ0n) is 11.8. The molecule has 1 rings (SSSR count). The average Bonchev–Trinajstić information content (AvgIpc) is 2.38. The van der Waals surface area contributed by atoms with Crippen LogP contribution in [0, 0.1) is 5.41 Å². The lowest BCUT2D eigenvalue weighted by atomic mass is 9.74. The number of nitrogens with two attached hydrogens (primary N) is 1. The van der Waals surface area contributed by atoms with Crippen molar-refractivity contribution in [3.63, 3.8) is 0 Å². The first-order valence-electron chi connectivity index (χ1n) is 6.65. The van der Waals surface area contributed by atoms with E-state index in [1.54, 1.807) is 0 Å². The number of hydrogen-bond acceptors (Lipinski definition) is 2. The lowest BCUT2D eigenvalue weighted by Gasteiger charge is -2.32. The van der Waals surface area contributed by atoms with Gasteiger partial charge in [-0.3, -0.25) is 5.41 Å². The maximum absolute atomic E-state index is 9.80. The van der Waals surface area contributed by atoms with E-state index < -0.39 is 0 Å². The molecule has 0 aliphatic heterocycles. The monoisotopic (exact) mass is 284 g/mol. The van der Waals surface area contributed by atoms with Gasteiger partial charge in [-0.2, -0.15) is 0 Å². The lowest BCUT2D eigenvalue weighted by molar-refractivity contribution is 0.172.